The van der Waals surface area contributed by atoms with Gasteiger partial charge in [0.2, 0.25) is 0 Å². The molecule has 0 N–H and O–H groups in total. The average molecular weight is 572 g/mol. The van der Waals surface area contributed by atoms with Gasteiger partial charge in [-0.15, -0.1) is 0 Å². The molecule has 2 nitrogen and oxygen atoms in total. The Labute approximate surface area is 174 Å². The molecule has 6 heteroatoms. The van der Waals surface area contributed by atoms with Crippen molar-refractivity contribution in [2.75, 3.05) is 13.2 Å². The maximum Gasteiger partial charge on any atom is 0.132 e. The smallest absolute Gasteiger partial charge is 0.132 e. The summed E-state index contributed by atoms with van der Waals surface area (Å²) in [4.78, 5) is 0. The topological polar surface area (TPSA) is 18.5 Å². The molecule has 0 saturated heterocycles. The van der Waals surface area contributed by atoms with E-state index in [0.717, 1.165) is 26.4 Å². The second-order valence-corrected chi connectivity index (χ2v) is 8.10. The van der Waals surface area contributed by atoms with Crippen LogP contribution in [0, 0.1) is 24.7 Å². The number of hydrogen-bond donors (Lipinski definition) is 0. The van der Waals surface area contributed by atoms with Gasteiger partial charge in [0, 0.05) is 5.92 Å². The Morgan fingerprint density at radius 3 is 1.76 bits per heavy atom. The summed E-state index contributed by atoms with van der Waals surface area (Å²) in [5.74, 6) is 1.03. The lowest BCUT2D eigenvalue weighted by Gasteiger charge is -2.19. The van der Waals surface area contributed by atoms with E-state index in [2.05, 4.69) is 52.1 Å². The lowest BCUT2D eigenvalue weighted by molar-refractivity contribution is 0.166. The van der Waals surface area contributed by atoms with Crippen molar-refractivity contribution in [2.45, 2.75) is 26.2 Å². The lowest BCUT2D eigenvalue weighted by atomic mass is 10.0. The van der Waals surface area contributed by atoms with E-state index in [1.165, 1.54) is 24.3 Å². The highest BCUT2D eigenvalue weighted by molar-refractivity contribution is 14.1. The van der Waals surface area contributed by atoms with Gasteiger partial charge in [-0.2, -0.15) is 0 Å². The monoisotopic (exact) mass is 572 g/mol. The van der Waals surface area contributed by atoms with Crippen molar-refractivity contribution >= 4 is 45.2 Å². The highest BCUT2D eigenvalue weighted by Gasteiger charge is 2.13. The van der Waals surface area contributed by atoms with Gasteiger partial charge in [0.1, 0.15) is 23.1 Å². The lowest BCUT2D eigenvalue weighted by Crippen LogP contribution is -2.20. The molecule has 0 atom stereocenters. The molecule has 136 valence electrons. The van der Waals surface area contributed by atoms with E-state index in [1.807, 2.05) is 0 Å². The maximum atomic E-state index is 13.2. The van der Waals surface area contributed by atoms with Gasteiger partial charge in [-0.25, -0.2) is 8.78 Å². The highest BCUT2D eigenvalue weighted by Crippen LogP contribution is 2.25. The molecule has 0 aliphatic heterocycles. The van der Waals surface area contributed by atoms with Gasteiger partial charge in [0.15, 0.2) is 0 Å². The molecule has 2 rings (SSSR count). The van der Waals surface area contributed by atoms with Crippen LogP contribution in [0.2, 0.25) is 0 Å². The Morgan fingerprint density at radius 1 is 0.880 bits per heavy atom. The largest absolute Gasteiger partial charge is 0.492 e. The fraction of sp³-hybridized carbons (Fsp3) is 0.368. The van der Waals surface area contributed by atoms with E-state index >= 15 is 0 Å². The predicted molar refractivity (Wildman–Crippen MR) is 112 cm³/mol. The van der Waals surface area contributed by atoms with Crippen LogP contribution in [0.4, 0.5) is 8.78 Å². The van der Waals surface area contributed by atoms with Crippen LogP contribution in [0.3, 0.4) is 0 Å². The molecule has 0 aliphatic carbocycles. The summed E-state index contributed by atoms with van der Waals surface area (Å²) in [5.41, 5.74) is 0. The third-order valence-corrected chi connectivity index (χ3v) is 5.39. The summed E-state index contributed by atoms with van der Waals surface area (Å²) in [6, 6.07) is 9.00. The molecule has 0 aliphatic rings. The van der Waals surface area contributed by atoms with Gasteiger partial charge in [-0.1, -0.05) is 19.8 Å². The van der Waals surface area contributed by atoms with Crippen molar-refractivity contribution in [1.82, 2.24) is 0 Å². The molecule has 25 heavy (non-hydrogen) atoms. The SMILES string of the molecule is CCCCC(COc1ccc(F)cc1I)COc1ccc(F)cc1I. The summed E-state index contributed by atoms with van der Waals surface area (Å²) >= 11 is 4.13. The molecule has 0 aromatic heterocycles. The third kappa shape index (κ3) is 6.88. The van der Waals surface area contributed by atoms with Crippen molar-refractivity contribution in [3.05, 3.63) is 55.2 Å². The van der Waals surface area contributed by atoms with Crippen LogP contribution < -0.4 is 9.47 Å². The van der Waals surface area contributed by atoms with Crippen molar-refractivity contribution in [2.24, 2.45) is 5.92 Å². The number of hydrogen-bond acceptors (Lipinski definition) is 2. The molecule has 2 aromatic rings. The summed E-state index contributed by atoms with van der Waals surface area (Å²) < 4.78 is 39.6. The van der Waals surface area contributed by atoms with Gasteiger partial charge in [-0.3, -0.25) is 0 Å². The molecular formula is C19H20F2I2O2. The number of unbranched alkanes of at least 4 members (excludes halogenated alkanes) is 1. The van der Waals surface area contributed by atoms with Crippen LogP contribution in [-0.2, 0) is 0 Å². The third-order valence-electron chi connectivity index (χ3n) is 3.70. The highest BCUT2D eigenvalue weighted by atomic mass is 127. The standard InChI is InChI=1S/C19H20F2I2O2/c1-2-3-4-13(11-24-18-7-5-14(20)9-16(18)22)12-25-19-8-6-15(21)10-17(19)23/h5-10,13H,2-4,11-12H2,1H3. The molecular weight excluding hydrogens is 552 g/mol. The minimum atomic E-state index is -0.270. The second-order valence-electron chi connectivity index (χ2n) is 5.78. The quantitative estimate of drug-likeness (QED) is 0.323. The predicted octanol–water partition coefficient (Wildman–Crippen LogP) is 6.44. The first-order chi connectivity index (χ1) is 12.0. The second kappa shape index (κ2) is 10.5. The zero-order valence-electron chi connectivity index (χ0n) is 13.9. The number of benzene rings is 2. The van der Waals surface area contributed by atoms with E-state index in [-0.39, 0.29) is 17.6 Å². The van der Waals surface area contributed by atoms with Crippen LogP contribution in [0.15, 0.2) is 36.4 Å². The maximum absolute atomic E-state index is 13.2. The minimum absolute atomic E-state index is 0.210. The van der Waals surface area contributed by atoms with Gasteiger partial charge in [0.05, 0.1) is 20.4 Å². The first kappa shape index (κ1) is 20.7. The van der Waals surface area contributed by atoms with Crippen molar-refractivity contribution in [3.63, 3.8) is 0 Å². The Kier molecular flexibility index (Phi) is 8.68. The molecule has 2 aromatic carbocycles. The number of ether oxygens (including phenoxy) is 2. The zero-order valence-corrected chi connectivity index (χ0v) is 18.2. The Morgan fingerprint density at radius 2 is 1.36 bits per heavy atom. The Balaban J connectivity index is 1.95. The fourth-order valence-electron chi connectivity index (χ4n) is 2.31. The summed E-state index contributed by atoms with van der Waals surface area (Å²) in [5, 5.41) is 0. The molecule has 0 spiro atoms. The molecule has 0 amide bonds. The van der Waals surface area contributed by atoms with Crippen LogP contribution in [0.1, 0.15) is 26.2 Å². The van der Waals surface area contributed by atoms with E-state index in [1.54, 1.807) is 12.1 Å². The first-order valence-electron chi connectivity index (χ1n) is 8.15. The number of rotatable bonds is 9. The van der Waals surface area contributed by atoms with Gasteiger partial charge in [-0.05, 0) is 88.0 Å². The molecule has 0 bridgehead atoms. The molecule has 0 unspecified atom stereocenters. The van der Waals surface area contributed by atoms with Crippen molar-refractivity contribution in [3.8, 4) is 11.5 Å². The first-order valence-corrected chi connectivity index (χ1v) is 10.3. The fourth-order valence-corrected chi connectivity index (χ4v) is 3.57. The van der Waals surface area contributed by atoms with Gasteiger partial charge >= 0.3 is 0 Å². The van der Waals surface area contributed by atoms with Crippen LogP contribution >= 0.6 is 45.2 Å². The number of halogens is 4. The van der Waals surface area contributed by atoms with E-state index < -0.39 is 0 Å². The van der Waals surface area contributed by atoms with E-state index in [0.29, 0.717) is 24.7 Å². The minimum Gasteiger partial charge on any atom is -0.492 e. The van der Waals surface area contributed by atoms with Crippen molar-refractivity contribution in [1.29, 1.82) is 0 Å². The van der Waals surface area contributed by atoms with E-state index in [9.17, 15) is 8.78 Å². The van der Waals surface area contributed by atoms with Crippen molar-refractivity contribution < 1.29 is 18.3 Å². The van der Waals surface area contributed by atoms with Gasteiger partial charge < -0.3 is 9.47 Å². The summed E-state index contributed by atoms with van der Waals surface area (Å²) in [6.45, 7) is 3.14. The molecule has 0 radical (unpaired) electrons. The molecule has 0 saturated carbocycles. The normalized spacial score (nSPS) is 11.0. The molecule has 0 heterocycles. The Hall–Kier alpha value is -0.640. The van der Waals surface area contributed by atoms with Crippen LogP contribution in [0.25, 0.3) is 0 Å². The summed E-state index contributed by atoms with van der Waals surface area (Å²) in [6.07, 6.45) is 3.16. The van der Waals surface area contributed by atoms with E-state index in [4.69, 9.17) is 9.47 Å². The average Bonchev–Trinajstić information content (AvgIpc) is 2.57. The Bertz CT molecular complexity index is 640. The summed E-state index contributed by atoms with van der Waals surface area (Å²) in [7, 11) is 0. The van der Waals surface area contributed by atoms with Crippen LogP contribution in [0.5, 0.6) is 11.5 Å². The van der Waals surface area contributed by atoms with Crippen LogP contribution in [-0.4, -0.2) is 13.2 Å². The van der Waals surface area contributed by atoms with Gasteiger partial charge in [0.25, 0.3) is 0 Å². The zero-order chi connectivity index (χ0) is 18.2. The molecule has 0 fully saturated rings.